The third-order valence-corrected chi connectivity index (χ3v) is 3.37. The molecule has 1 atom stereocenters. The number of carbonyl (C=O) groups excluding carboxylic acids is 2. The Labute approximate surface area is 114 Å². The van der Waals surface area contributed by atoms with E-state index in [-0.39, 0.29) is 5.88 Å². The lowest BCUT2D eigenvalue weighted by Crippen LogP contribution is -2.52. The molecule has 0 unspecified atom stereocenters. The van der Waals surface area contributed by atoms with Crippen LogP contribution in [0, 0.1) is 0 Å². The van der Waals surface area contributed by atoms with E-state index in [2.05, 4.69) is 5.32 Å². The van der Waals surface area contributed by atoms with Crippen LogP contribution in [0.5, 0.6) is 0 Å². The second-order valence-corrected chi connectivity index (χ2v) is 6.41. The van der Waals surface area contributed by atoms with E-state index in [1.807, 2.05) is 0 Å². The highest BCUT2D eigenvalue weighted by atomic mass is 32.2. The summed E-state index contributed by atoms with van der Waals surface area (Å²) in [6.45, 7) is 5.32. The Bertz CT molecular complexity index is 332. The molecule has 110 valence electrons. The fourth-order valence-electron chi connectivity index (χ4n) is 1.63. The summed E-state index contributed by atoms with van der Waals surface area (Å²) in [5, 5.41) is 2.68. The monoisotopic (exact) mass is 298 g/mol. The lowest BCUT2D eigenvalue weighted by Gasteiger charge is -2.28. The molecule has 0 aromatic carbocycles. The predicted molar refractivity (Wildman–Crippen MR) is 66.5 cm³/mol. The van der Waals surface area contributed by atoms with Crippen LogP contribution in [-0.4, -0.2) is 46.1 Å². The SMILES string of the molecule is CC(C)(C)NC(=O)[C@H]1CSCN1C(=O)CC(F)(F)F. The highest BCUT2D eigenvalue weighted by molar-refractivity contribution is 7.99. The molecule has 0 aromatic rings. The van der Waals surface area contributed by atoms with Crippen molar-refractivity contribution in [3.63, 3.8) is 0 Å². The average molecular weight is 298 g/mol. The molecular formula is C11H17F3N2O2S. The molecule has 1 saturated heterocycles. The molecule has 1 heterocycles. The van der Waals surface area contributed by atoms with Gasteiger partial charge in [0.15, 0.2) is 0 Å². The molecule has 0 spiro atoms. The first kappa shape index (κ1) is 16.1. The van der Waals surface area contributed by atoms with E-state index in [0.29, 0.717) is 5.75 Å². The summed E-state index contributed by atoms with van der Waals surface area (Å²) in [7, 11) is 0. The van der Waals surface area contributed by atoms with Crippen molar-refractivity contribution in [2.45, 2.75) is 44.9 Å². The van der Waals surface area contributed by atoms with Crippen molar-refractivity contribution in [3.05, 3.63) is 0 Å². The van der Waals surface area contributed by atoms with Gasteiger partial charge < -0.3 is 10.2 Å². The molecule has 1 aliphatic rings. The molecule has 19 heavy (non-hydrogen) atoms. The molecule has 1 N–H and O–H groups in total. The molecule has 0 bridgehead atoms. The quantitative estimate of drug-likeness (QED) is 0.845. The minimum absolute atomic E-state index is 0.122. The molecule has 4 nitrogen and oxygen atoms in total. The number of carbonyl (C=O) groups is 2. The van der Waals surface area contributed by atoms with Crippen molar-refractivity contribution in [3.8, 4) is 0 Å². The summed E-state index contributed by atoms with van der Waals surface area (Å²) in [6, 6.07) is -0.820. The average Bonchev–Trinajstić information content (AvgIpc) is 2.59. The fourth-order valence-corrected chi connectivity index (χ4v) is 2.81. The van der Waals surface area contributed by atoms with Crippen molar-refractivity contribution in [1.82, 2.24) is 10.2 Å². The molecule has 2 amide bonds. The van der Waals surface area contributed by atoms with E-state index in [4.69, 9.17) is 0 Å². The van der Waals surface area contributed by atoms with E-state index in [1.54, 1.807) is 20.8 Å². The van der Waals surface area contributed by atoms with Crippen molar-refractivity contribution >= 4 is 23.6 Å². The Morgan fingerprint density at radius 3 is 2.37 bits per heavy atom. The number of halogens is 3. The molecular weight excluding hydrogens is 281 g/mol. The predicted octanol–water partition coefficient (Wildman–Crippen LogP) is 1.76. The van der Waals surface area contributed by atoms with Crippen LogP contribution < -0.4 is 5.32 Å². The molecule has 0 radical (unpaired) electrons. The van der Waals surface area contributed by atoms with E-state index < -0.39 is 36.0 Å². The lowest BCUT2D eigenvalue weighted by molar-refractivity contribution is -0.163. The largest absolute Gasteiger partial charge is 0.397 e. The molecule has 1 aliphatic heterocycles. The number of thioether (sulfide) groups is 1. The summed E-state index contributed by atoms with van der Waals surface area (Å²) < 4.78 is 36.6. The highest BCUT2D eigenvalue weighted by Gasteiger charge is 2.40. The standard InChI is InChI=1S/C11H17F3N2O2S/c1-10(2,3)15-9(18)7-5-19-6-16(7)8(17)4-11(12,13)14/h7H,4-6H2,1-3H3,(H,15,18)/t7-/m1/s1. The summed E-state index contributed by atoms with van der Waals surface area (Å²) in [6.07, 6.45) is -6.07. The zero-order valence-corrected chi connectivity index (χ0v) is 11.8. The first-order chi connectivity index (χ1) is 8.49. The summed E-state index contributed by atoms with van der Waals surface area (Å²) in [5.74, 6) is -1.01. The van der Waals surface area contributed by atoms with Crippen LogP contribution in [0.25, 0.3) is 0 Å². The first-order valence-corrected chi connectivity index (χ1v) is 6.91. The smallest absolute Gasteiger partial charge is 0.350 e. The lowest BCUT2D eigenvalue weighted by atomic mass is 10.1. The number of nitrogens with one attached hydrogen (secondary N) is 1. The number of hydrogen-bond donors (Lipinski definition) is 1. The van der Waals surface area contributed by atoms with E-state index in [1.165, 1.54) is 11.8 Å². The zero-order valence-electron chi connectivity index (χ0n) is 11.0. The zero-order chi connectivity index (χ0) is 14.8. The Kier molecular flexibility index (Phi) is 4.76. The first-order valence-electron chi connectivity index (χ1n) is 5.75. The van der Waals surface area contributed by atoms with Crippen LogP contribution in [-0.2, 0) is 9.59 Å². The maximum Gasteiger partial charge on any atom is 0.397 e. The van der Waals surface area contributed by atoms with Crippen molar-refractivity contribution in [1.29, 1.82) is 0 Å². The topological polar surface area (TPSA) is 49.4 Å². The van der Waals surface area contributed by atoms with Gasteiger partial charge >= 0.3 is 6.18 Å². The fraction of sp³-hybridized carbons (Fsp3) is 0.818. The van der Waals surface area contributed by atoms with Gasteiger partial charge in [-0.15, -0.1) is 11.8 Å². The van der Waals surface area contributed by atoms with Gasteiger partial charge in [-0.1, -0.05) is 0 Å². The molecule has 1 fully saturated rings. The van der Waals surface area contributed by atoms with Crippen LogP contribution in [0.2, 0.25) is 0 Å². The molecule has 8 heteroatoms. The Morgan fingerprint density at radius 2 is 1.89 bits per heavy atom. The normalized spacial score (nSPS) is 20.5. The van der Waals surface area contributed by atoms with E-state index in [9.17, 15) is 22.8 Å². The second-order valence-electron chi connectivity index (χ2n) is 5.41. The number of hydrogen-bond acceptors (Lipinski definition) is 3. The van der Waals surface area contributed by atoms with Crippen molar-refractivity contribution in [2.24, 2.45) is 0 Å². The van der Waals surface area contributed by atoms with Gasteiger partial charge in [-0.3, -0.25) is 9.59 Å². The van der Waals surface area contributed by atoms with Crippen LogP contribution >= 0.6 is 11.8 Å². The van der Waals surface area contributed by atoms with Crippen LogP contribution in [0.1, 0.15) is 27.2 Å². The highest BCUT2D eigenvalue weighted by Crippen LogP contribution is 2.27. The van der Waals surface area contributed by atoms with Gasteiger partial charge in [0.1, 0.15) is 12.5 Å². The number of nitrogens with zero attached hydrogens (tertiary/aromatic N) is 1. The van der Waals surface area contributed by atoms with Crippen LogP contribution in [0.3, 0.4) is 0 Å². The molecule has 1 rings (SSSR count). The summed E-state index contributed by atoms with van der Waals surface area (Å²) in [5.41, 5.74) is -0.483. The minimum atomic E-state index is -4.55. The number of alkyl halides is 3. The molecule has 0 aliphatic carbocycles. The second kappa shape index (κ2) is 5.60. The molecule has 0 aromatic heterocycles. The van der Waals surface area contributed by atoms with Gasteiger partial charge in [-0.25, -0.2) is 0 Å². The minimum Gasteiger partial charge on any atom is -0.350 e. The maximum atomic E-state index is 12.2. The Balaban J connectivity index is 2.69. The van der Waals surface area contributed by atoms with Crippen molar-refractivity contribution in [2.75, 3.05) is 11.6 Å². The number of rotatable bonds is 2. The Morgan fingerprint density at radius 1 is 1.32 bits per heavy atom. The van der Waals surface area contributed by atoms with Gasteiger partial charge in [0.2, 0.25) is 11.8 Å². The van der Waals surface area contributed by atoms with Gasteiger partial charge in [0.25, 0.3) is 0 Å². The number of amides is 2. The maximum absolute atomic E-state index is 12.2. The Hall–Kier alpha value is -0.920. The van der Waals surface area contributed by atoms with E-state index >= 15 is 0 Å². The van der Waals surface area contributed by atoms with Crippen LogP contribution in [0.4, 0.5) is 13.2 Å². The third-order valence-electron chi connectivity index (χ3n) is 2.36. The molecule has 0 saturated carbocycles. The van der Waals surface area contributed by atoms with Gasteiger partial charge in [0.05, 0.1) is 5.88 Å². The van der Waals surface area contributed by atoms with Crippen LogP contribution in [0.15, 0.2) is 0 Å². The van der Waals surface area contributed by atoms with E-state index in [0.717, 1.165) is 4.90 Å². The third kappa shape index (κ3) is 5.30. The summed E-state index contributed by atoms with van der Waals surface area (Å²) >= 11 is 1.28. The van der Waals surface area contributed by atoms with Crippen molar-refractivity contribution < 1.29 is 22.8 Å². The van der Waals surface area contributed by atoms with Gasteiger partial charge in [-0.2, -0.15) is 13.2 Å². The van der Waals surface area contributed by atoms with Gasteiger partial charge in [-0.05, 0) is 20.8 Å². The van der Waals surface area contributed by atoms with Gasteiger partial charge in [0, 0.05) is 11.3 Å². The summed E-state index contributed by atoms with van der Waals surface area (Å²) in [4.78, 5) is 24.5.